The van der Waals surface area contributed by atoms with Gasteiger partial charge in [0.15, 0.2) is 9.84 Å². The second-order valence-corrected chi connectivity index (χ2v) is 6.23. The topological polar surface area (TPSA) is 46.2 Å². The van der Waals surface area contributed by atoms with E-state index in [0.717, 1.165) is 0 Å². The smallest absolute Gasteiger partial charge is 0.173 e. The van der Waals surface area contributed by atoms with Crippen LogP contribution in [-0.4, -0.2) is 20.2 Å². The lowest BCUT2D eigenvalue weighted by Crippen LogP contribution is -2.21. The highest BCUT2D eigenvalue weighted by atomic mass is 35.5. The fourth-order valence-corrected chi connectivity index (χ4v) is 3.07. The summed E-state index contributed by atoms with van der Waals surface area (Å²) in [6.07, 6.45) is 1.60. The Labute approximate surface area is 104 Å². The predicted molar refractivity (Wildman–Crippen MR) is 66.8 cm³/mol. The third-order valence-electron chi connectivity index (χ3n) is 2.22. The molecule has 1 aliphatic rings. The molecule has 0 saturated heterocycles. The van der Waals surface area contributed by atoms with E-state index in [-0.39, 0.29) is 11.8 Å². The molecule has 0 aliphatic carbocycles. The van der Waals surface area contributed by atoms with Crippen molar-refractivity contribution >= 4 is 38.7 Å². The summed E-state index contributed by atoms with van der Waals surface area (Å²) in [5.74, 6) is 0.0514. The van der Waals surface area contributed by atoms with E-state index in [0.29, 0.717) is 15.7 Å². The van der Waals surface area contributed by atoms with Crippen molar-refractivity contribution in [1.29, 1.82) is 0 Å². The van der Waals surface area contributed by atoms with E-state index in [2.05, 4.69) is 5.32 Å². The summed E-state index contributed by atoms with van der Waals surface area (Å²) in [5.41, 5.74) is 0.640. The molecule has 1 aromatic carbocycles. The summed E-state index contributed by atoms with van der Waals surface area (Å²) in [7, 11) is -3.06. The molecule has 2 rings (SSSR count). The number of sulfone groups is 1. The second-order valence-electron chi connectivity index (χ2n) is 3.51. The Hall–Kier alpha value is -0.710. The van der Waals surface area contributed by atoms with E-state index >= 15 is 0 Å². The van der Waals surface area contributed by atoms with Gasteiger partial charge in [-0.1, -0.05) is 35.3 Å². The van der Waals surface area contributed by atoms with Gasteiger partial charge in [-0.25, -0.2) is 8.42 Å². The van der Waals surface area contributed by atoms with Crippen LogP contribution in [0.3, 0.4) is 0 Å². The van der Waals surface area contributed by atoms with Crippen molar-refractivity contribution in [2.45, 2.75) is 6.04 Å². The molecule has 1 N–H and O–H groups in total. The number of benzene rings is 1. The first-order valence-electron chi connectivity index (χ1n) is 4.59. The first-order valence-corrected chi connectivity index (χ1v) is 7.06. The lowest BCUT2D eigenvalue weighted by Gasteiger charge is -2.13. The van der Waals surface area contributed by atoms with Gasteiger partial charge < -0.3 is 5.32 Å². The molecule has 16 heavy (non-hydrogen) atoms. The summed E-state index contributed by atoms with van der Waals surface area (Å²) in [6.45, 7) is 0. The molecule has 1 atom stereocenters. The van der Waals surface area contributed by atoms with E-state index in [1.807, 2.05) is 0 Å². The van der Waals surface area contributed by atoms with Gasteiger partial charge in [0.25, 0.3) is 0 Å². The summed E-state index contributed by atoms with van der Waals surface area (Å²) < 4.78 is 22.4. The van der Waals surface area contributed by atoms with Crippen LogP contribution < -0.4 is 5.32 Å². The largest absolute Gasteiger partial charge is 0.377 e. The third kappa shape index (κ3) is 2.51. The van der Waals surface area contributed by atoms with E-state index in [1.165, 1.54) is 5.41 Å². The first kappa shape index (κ1) is 11.8. The summed E-state index contributed by atoms with van der Waals surface area (Å²) in [4.78, 5) is 0. The van der Waals surface area contributed by atoms with Crippen LogP contribution in [0.15, 0.2) is 29.7 Å². The van der Waals surface area contributed by atoms with Crippen LogP contribution in [0, 0.1) is 0 Å². The molecule has 0 unspecified atom stereocenters. The Kier molecular flexibility index (Phi) is 3.15. The van der Waals surface area contributed by atoms with Gasteiger partial charge in [0.1, 0.15) is 0 Å². The number of anilines is 1. The van der Waals surface area contributed by atoms with Crippen LogP contribution in [0.5, 0.6) is 0 Å². The highest BCUT2D eigenvalue weighted by molar-refractivity contribution is 7.94. The van der Waals surface area contributed by atoms with Gasteiger partial charge in [0.05, 0.1) is 27.5 Å². The highest BCUT2D eigenvalue weighted by Gasteiger charge is 2.22. The third-order valence-corrected chi connectivity index (χ3v) is 4.44. The van der Waals surface area contributed by atoms with Gasteiger partial charge in [0.2, 0.25) is 0 Å². The SMILES string of the molecule is O=S1(=O)C=C[C@H](Nc2cccc(Cl)c2Cl)C1. The molecule has 1 heterocycles. The summed E-state index contributed by atoms with van der Waals surface area (Å²) in [5, 5.41) is 5.08. The molecule has 1 aromatic rings. The molecule has 0 bridgehead atoms. The molecule has 0 spiro atoms. The lowest BCUT2D eigenvalue weighted by atomic mass is 10.2. The first-order chi connectivity index (χ1) is 7.48. The molecule has 0 amide bonds. The van der Waals surface area contributed by atoms with Crippen LogP contribution in [0.1, 0.15) is 0 Å². The quantitative estimate of drug-likeness (QED) is 0.904. The standard InChI is InChI=1S/C10H9Cl2NO2S/c11-8-2-1-3-9(10(8)12)13-7-4-5-16(14,15)6-7/h1-5,7,13H,6H2/t7-/m0/s1. The van der Waals surface area contributed by atoms with Crippen molar-refractivity contribution in [3.05, 3.63) is 39.7 Å². The van der Waals surface area contributed by atoms with E-state index in [4.69, 9.17) is 23.2 Å². The number of hydrogen-bond donors (Lipinski definition) is 1. The van der Waals surface area contributed by atoms with Crippen LogP contribution in [0.4, 0.5) is 5.69 Å². The van der Waals surface area contributed by atoms with Crippen molar-refractivity contribution < 1.29 is 8.42 Å². The van der Waals surface area contributed by atoms with E-state index in [9.17, 15) is 8.42 Å². The van der Waals surface area contributed by atoms with Crippen LogP contribution in [0.25, 0.3) is 0 Å². The Bertz CT molecular complexity index is 540. The highest BCUT2D eigenvalue weighted by Crippen LogP contribution is 2.30. The zero-order valence-electron chi connectivity index (χ0n) is 8.15. The van der Waals surface area contributed by atoms with Crippen molar-refractivity contribution in [2.75, 3.05) is 11.1 Å². The molecule has 0 fully saturated rings. The van der Waals surface area contributed by atoms with E-state index in [1.54, 1.807) is 24.3 Å². The molecule has 1 aliphatic heterocycles. The van der Waals surface area contributed by atoms with Crippen molar-refractivity contribution in [3.8, 4) is 0 Å². The predicted octanol–water partition coefficient (Wildman–Crippen LogP) is 2.72. The maximum absolute atomic E-state index is 11.2. The van der Waals surface area contributed by atoms with Gasteiger partial charge >= 0.3 is 0 Å². The van der Waals surface area contributed by atoms with Crippen molar-refractivity contribution in [1.82, 2.24) is 0 Å². The Balaban J connectivity index is 2.17. The second kappa shape index (κ2) is 4.28. The Morgan fingerprint density at radius 3 is 2.69 bits per heavy atom. The molecule has 0 saturated carbocycles. The van der Waals surface area contributed by atoms with Gasteiger partial charge in [-0.3, -0.25) is 0 Å². The summed E-state index contributed by atoms with van der Waals surface area (Å²) in [6, 6.07) is 4.94. The maximum Gasteiger partial charge on any atom is 0.173 e. The molecule has 3 nitrogen and oxygen atoms in total. The van der Waals surface area contributed by atoms with Crippen molar-refractivity contribution in [3.63, 3.8) is 0 Å². The minimum atomic E-state index is -3.06. The zero-order valence-corrected chi connectivity index (χ0v) is 10.5. The lowest BCUT2D eigenvalue weighted by molar-refractivity contribution is 0.605. The minimum Gasteiger partial charge on any atom is -0.377 e. The van der Waals surface area contributed by atoms with Crippen molar-refractivity contribution in [2.24, 2.45) is 0 Å². The van der Waals surface area contributed by atoms with Crippen LogP contribution in [-0.2, 0) is 9.84 Å². The van der Waals surface area contributed by atoms with Gasteiger partial charge in [-0.05, 0) is 12.1 Å². The fraction of sp³-hybridized carbons (Fsp3) is 0.200. The normalized spacial score (nSPS) is 22.2. The Morgan fingerprint density at radius 2 is 2.06 bits per heavy atom. The van der Waals surface area contributed by atoms with Gasteiger partial charge in [-0.2, -0.15) is 0 Å². The number of hydrogen-bond acceptors (Lipinski definition) is 3. The van der Waals surface area contributed by atoms with E-state index < -0.39 is 9.84 Å². The maximum atomic E-state index is 11.2. The number of rotatable bonds is 2. The van der Waals surface area contributed by atoms with Gasteiger partial charge in [-0.15, -0.1) is 0 Å². The molecular formula is C10H9Cl2NO2S. The molecule has 0 radical (unpaired) electrons. The average molecular weight is 278 g/mol. The average Bonchev–Trinajstić information content (AvgIpc) is 2.53. The number of halogens is 2. The fourth-order valence-electron chi connectivity index (χ4n) is 1.48. The monoisotopic (exact) mass is 277 g/mol. The molecule has 0 aromatic heterocycles. The zero-order chi connectivity index (χ0) is 11.8. The Morgan fingerprint density at radius 1 is 1.31 bits per heavy atom. The molecule has 86 valence electrons. The summed E-state index contributed by atoms with van der Waals surface area (Å²) >= 11 is 11.8. The number of nitrogens with one attached hydrogen (secondary N) is 1. The molecule has 6 heteroatoms. The van der Waals surface area contributed by atoms with Crippen LogP contribution >= 0.6 is 23.2 Å². The minimum absolute atomic E-state index is 0.0514. The van der Waals surface area contributed by atoms with Crippen LogP contribution in [0.2, 0.25) is 10.0 Å². The van der Waals surface area contributed by atoms with Gasteiger partial charge in [0, 0.05) is 5.41 Å². The molecular weight excluding hydrogens is 269 g/mol.